The number of nitrogens with two attached hydrogens (primary N) is 2. The molecule has 0 fully saturated rings. The van der Waals surface area contributed by atoms with E-state index in [0.717, 1.165) is 5.75 Å². The zero-order valence-electron chi connectivity index (χ0n) is 9.59. The fraction of sp³-hybridized carbons (Fsp3) is 0.273. The van der Waals surface area contributed by atoms with Gasteiger partial charge < -0.3 is 16.2 Å². The van der Waals surface area contributed by atoms with E-state index >= 15 is 0 Å². The third-order valence-electron chi connectivity index (χ3n) is 1.62. The van der Waals surface area contributed by atoms with Crippen molar-refractivity contribution in [3.8, 4) is 0 Å². The number of hydrogen-bond acceptors (Lipinski definition) is 5. The van der Waals surface area contributed by atoms with E-state index in [1.54, 1.807) is 0 Å². The van der Waals surface area contributed by atoms with Gasteiger partial charge in [-0.3, -0.25) is 4.79 Å². The van der Waals surface area contributed by atoms with Crippen molar-refractivity contribution in [3.63, 3.8) is 0 Å². The molecule has 0 atom stereocenters. The number of carbonyl (C=O) groups is 1. The van der Waals surface area contributed by atoms with Crippen LogP contribution in [-0.2, 0) is 15.3 Å². The number of hydrogen-bond donors (Lipinski definition) is 2. The minimum absolute atomic E-state index is 0.0312. The summed E-state index contributed by atoms with van der Waals surface area (Å²) in [5.41, 5.74) is 11.4. The van der Waals surface area contributed by atoms with Crippen LogP contribution in [0.2, 0.25) is 0 Å². The molecule has 4 nitrogen and oxygen atoms in total. The second-order valence-corrected chi connectivity index (χ2v) is 4.59. The van der Waals surface area contributed by atoms with Crippen LogP contribution < -0.4 is 11.5 Å². The number of benzene rings is 1. The zero-order chi connectivity index (χ0) is 13.1. The summed E-state index contributed by atoms with van der Waals surface area (Å²) in [6, 6.07) is 10.1. The molecule has 1 aromatic carbocycles. The molecule has 0 saturated heterocycles. The number of rotatable bonds is 3. The highest BCUT2D eigenvalue weighted by Crippen LogP contribution is 2.10. The molecule has 0 amide bonds. The number of carbonyl (C=O) groups excluding carboxylic acids is 1. The van der Waals surface area contributed by atoms with Crippen LogP contribution in [-0.4, -0.2) is 23.9 Å². The Morgan fingerprint density at radius 2 is 2.00 bits per heavy atom. The summed E-state index contributed by atoms with van der Waals surface area (Å²) < 4.78 is 4.64. The van der Waals surface area contributed by atoms with E-state index in [1.165, 1.54) is 24.4 Å². The van der Waals surface area contributed by atoms with E-state index in [-0.39, 0.29) is 12.5 Å². The van der Waals surface area contributed by atoms with Crippen molar-refractivity contribution in [2.45, 2.75) is 5.75 Å². The Balaban J connectivity index is 0.000000366. The third kappa shape index (κ3) is 9.80. The molecule has 1 aromatic rings. The smallest absolute Gasteiger partial charge is 0.319 e. The molecule has 0 aliphatic carbocycles. The van der Waals surface area contributed by atoms with Crippen LogP contribution in [0, 0.1) is 0 Å². The quantitative estimate of drug-likeness (QED) is 0.637. The molecule has 0 heterocycles. The molecule has 0 unspecified atom stereocenters. The molecule has 0 aromatic heterocycles. The molecule has 6 heteroatoms. The Labute approximate surface area is 111 Å². The highest BCUT2D eigenvalue weighted by molar-refractivity contribution is 8.22. The van der Waals surface area contributed by atoms with Gasteiger partial charge >= 0.3 is 5.97 Å². The fourth-order valence-corrected chi connectivity index (χ4v) is 1.49. The third-order valence-corrected chi connectivity index (χ3v) is 2.73. The average Bonchev–Trinajstić information content (AvgIpc) is 2.37. The molecule has 4 N–H and O–H groups in total. The molecule has 0 bridgehead atoms. The van der Waals surface area contributed by atoms with E-state index in [4.69, 9.17) is 23.7 Å². The number of thioether (sulfide) groups is 1. The predicted octanol–water partition coefficient (Wildman–Crippen LogP) is 1.28. The molecule has 0 spiro atoms. The molecule has 0 aliphatic heterocycles. The monoisotopic (exact) mass is 272 g/mol. The van der Waals surface area contributed by atoms with Crippen LogP contribution in [0.3, 0.4) is 0 Å². The predicted molar refractivity (Wildman–Crippen MR) is 75.6 cm³/mol. The Kier molecular flexibility index (Phi) is 9.41. The van der Waals surface area contributed by atoms with E-state index in [0.29, 0.717) is 4.32 Å². The summed E-state index contributed by atoms with van der Waals surface area (Å²) in [7, 11) is 1.30. The van der Waals surface area contributed by atoms with Crippen molar-refractivity contribution >= 4 is 34.3 Å². The Hall–Kier alpha value is -1.11. The summed E-state index contributed by atoms with van der Waals surface area (Å²) >= 11 is 6.23. The van der Waals surface area contributed by atoms with Gasteiger partial charge in [0.25, 0.3) is 0 Å². The maximum Gasteiger partial charge on any atom is 0.319 e. The second kappa shape index (κ2) is 10.1. The lowest BCUT2D eigenvalue weighted by atomic mass is 10.2. The van der Waals surface area contributed by atoms with Gasteiger partial charge in [0, 0.05) is 5.75 Å². The lowest BCUT2D eigenvalue weighted by Crippen LogP contribution is -2.14. The first kappa shape index (κ1) is 15.9. The van der Waals surface area contributed by atoms with Gasteiger partial charge in [0.05, 0.1) is 13.7 Å². The molecule has 0 aliphatic rings. The first-order valence-corrected chi connectivity index (χ1v) is 6.22. The summed E-state index contributed by atoms with van der Waals surface area (Å²) in [4.78, 5) is 9.83. The van der Waals surface area contributed by atoms with Crippen molar-refractivity contribution in [2.24, 2.45) is 11.5 Å². The lowest BCUT2D eigenvalue weighted by molar-refractivity contribution is -0.138. The molecular weight excluding hydrogens is 256 g/mol. The minimum Gasteiger partial charge on any atom is -0.468 e. The first-order valence-electron chi connectivity index (χ1n) is 4.83. The Morgan fingerprint density at radius 1 is 1.41 bits per heavy atom. The zero-order valence-corrected chi connectivity index (χ0v) is 11.2. The van der Waals surface area contributed by atoms with Gasteiger partial charge in [-0.1, -0.05) is 54.3 Å². The first-order chi connectivity index (χ1) is 8.10. The summed E-state index contributed by atoms with van der Waals surface area (Å²) in [6.07, 6.45) is 0. The van der Waals surface area contributed by atoms with Crippen molar-refractivity contribution < 1.29 is 9.53 Å². The van der Waals surface area contributed by atoms with E-state index in [2.05, 4.69) is 16.9 Å². The summed E-state index contributed by atoms with van der Waals surface area (Å²) in [5.74, 6) is 0.492. The van der Waals surface area contributed by atoms with Crippen molar-refractivity contribution in [1.29, 1.82) is 0 Å². The number of methoxy groups -OCH3 is 1. The highest BCUT2D eigenvalue weighted by Gasteiger charge is 1.92. The van der Waals surface area contributed by atoms with Gasteiger partial charge in [0.15, 0.2) is 0 Å². The van der Waals surface area contributed by atoms with Gasteiger partial charge in [0.1, 0.15) is 4.32 Å². The number of esters is 1. The molecule has 1 rings (SSSR count). The van der Waals surface area contributed by atoms with Crippen LogP contribution in [0.15, 0.2) is 30.3 Å². The molecule has 0 radical (unpaired) electrons. The van der Waals surface area contributed by atoms with E-state index < -0.39 is 0 Å². The van der Waals surface area contributed by atoms with E-state index in [1.807, 2.05) is 18.2 Å². The lowest BCUT2D eigenvalue weighted by Gasteiger charge is -1.97. The van der Waals surface area contributed by atoms with Gasteiger partial charge in [0.2, 0.25) is 0 Å². The van der Waals surface area contributed by atoms with E-state index in [9.17, 15) is 4.79 Å². The van der Waals surface area contributed by atoms with Crippen molar-refractivity contribution in [2.75, 3.05) is 13.7 Å². The number of thiocarbonyl (C=S) groups is 1. The van der Waals surface area contributed by atoms with Crippen LogP contribution in [0.5, 0.6) is 0 Å². The Morgan fingerprint density at radius 3 is 2.35 bits per heavy atom. The maximum absolute atomic E-state index is 9.83. The standard InChI is InChI=1S/C8H9NS2.C3H7NO2/c9-8(10)11-6-7-4-2-1-3-5-7;1-6-3(5)2-4/h1-5H,6H2,(H2,9,10);2,4H2,1H3. The van der Waals surface area contributed by atoms with Crippen LogP contribution in [0.1, 0.15) is 5.56 Å². The van der Waals surface area contributed by atoms with Gasteiger partial charge in [-0.2, -0.15) is 0 Å². The fourth-order valence-electron chi connectivity index (χ4n) is 0.812. The largest absolute Gasteiger partial charge is 0.468 e. The summed E-state index contributed by atoms with van der Waals surface area (Å²) in [5, 5.41) is 0. The van der Waals surface area contributed by atoms with Crippen LogP contribution in [0.25, 0.3) is 0 Å². The second-order valence-electron chi connectivity index (χ2n) is 2.87. The van der Waals surface area contributed by atoms with Crippen LogP contribution >= 0.6 is 24.0 Å². The SMILES string of the molecule is COC(=O)CN.NC(=S)SCc1ccccc1. The Bertz CT molecular complexity index is 339. The topological polar surface area (TPSA) is 78.3 Å². The normalized spacial score (nSPS) is 8.82. The van der Waals surface area contributed by atoms with Crippen LogP contribution in [0.4, 0.5) is 0 Å². The average molecular weight is 272 g/mol. The maximum atomic E-state index is 9.83. The van der Waals surface area contributed by atoms with Gasteiger partial charge in [-0.15, -0.1) is 0 Å². The molecular formula is C11H16N2O2S2. The molecule has 0 saturated carbocycles. The minimum atomic E-state index is -0.380. The number of ether oxygens (including phenoxy) is 1. The molecule has 17 heavy (non-hydrogen) atoms. The van der Waals surface area contributed by atoms with Gasteiger partial charge in [-0.25, -0.2) is 0 Å². The molecule has 94 valence electrons. The highest BCUT2D eigenvalue weighted by atomic mass is 32.2. The van der Waals surface area contributed by atoms with Gasteiger partial charge in [-0.05, 0) is 5.56 Å². The van der Waals surface area contributed by atoms with Crippen molar-refractivity contribution in [1.82, 2.24) is 0 Å². The summed E-state index contributed by atoms with van der Waals surface area (Å²) in [6.45, 7) is -0.0312. The van der Waals surface area contributed by atoms with Crippen molar-refractivity contribution in [3.05, 3.63) is 35.9 Å².